The number of amides is 1. The molecule has 0 saturated heterocycles. The van der Waals surface area contributed by atoms with Gasteiger partial charge in [-0.15, -0.1) is 11.8 Å². The monoisotopic (exact) mass is 384 g/mol. The van der Waals surface area contributed by atoms with Crippen LogP contribution in [0.3, 0.4) is 0 Å². The van der Waals surface area contributed by atoms with E-state index in [0.29, 0.717) is 17.4 Å². The molecule has 2 aromatic rings. The maximum Gasteiger partial charge on any atom is 0.253 e. The van der Waals surface area contributed by atoms with Gasteiger partial charge < -0.3 is 9.15 Å². The fourth-order valence-corrected chi connectivity index (χ4v) is 4.89. The highest BCUT2D eigenvalue weighted by atomic mass is 32.2. The van der Waals surface area contributed by atoms with Gasteiger partial charge in [0.1, 0.15) is 17.6 Å². The van der Waals surface area contributed by atoms with Gasteiger partial charge in [0.2, 0.25) is 0 Å². The number of thioether (sulfide) groups is 1. The summed E-state index contributed by atoms with van der Waals surface area (Å²) in [5.74, 6) is 2.11. The molecule has 1 saturated carbocycles. The molecular weight excluding hydrogens is 360 g/mol. The second-order valence-electron chi connectivity index (χ2n) is 6.97. The van der Waals surface area contributed by atoms with E-state index >= 15 is 0 Å². The summed E-state index contributed by atoms with van der Waals surface area (Å²) in [5.41, 5.74) is 1.91. The van der Waals surface area contributed by atoms with Gasteiger partial charge in [0.05, 0.1) is 24.8 Å². The van der Waals surface area contributed by atoms with Crippen LogP contribution in [-0.4, -0.2) is 34.7 Å². The summed E-state index contributed by atoms with van der Waals surface area (Å²) < 4.78 is 10.8. The van der Waals surface area contributed by atoms with Crippen molar-refractivity contribution in [2.45, 2.75) is 43.4 Å². The molecule has 27 heavy (non-hydrogen) atoms. The normalized spacial score (nSPS) is 20.1. The summed E-state index contributed by atoms with van der Waals surface area (Å²) in [6.07, 6.45) is 7.31. The van der Waals surface area contributed by atoms with Crippen molar-refractivity contribution in [2.75, 3.05) is 12.9 Å². The molecule has 1 aromatic carbocycles. The average molecular weight is 385 g/mol. The predicted octanol–water partition coefficient (Wildman–Crippen LogP) is 4.64. The molecule has 1 aliphatic heterocycles. The van der Waals surface area contributed by atoms with Crippen molar-refractivity contribution >= 4 is 23.4 Å². The Bertz CT molecular complexity index is 795. The molecule has 0 unspecified atom stereocenters. The van der Waals surface area contributed by atoms with Crippen molar-refractivity contribution in [3.63, 3.8) is 0 Å². The minimum Gasteiger partial charge on any atom is -0.497 e. The van der Waals surface area contributed by atoms with Crippen LogP contribution in [-0.2, 0) is 4.79 Å². The molecule has 142 valence electrons. The molecule has 1 fully saturated rings. The molecule has 0 radical (unpaired) electrons. The number of carbonyl (C=O) groups is 1. The largest absolute Gasteiger partial charge is 0.497 e. The molecule has 4 rings (SSSR count). The van der Waals surface area contributed by atoms with E-state index < -0.39 is 0 Å². The number of benzene rings is 1. The lowest BCUT2D eigenvalue weighted by Crippen LogP contribution is -2.29. The first-order valence-electron chi connectivity index (χ1n) is 9.43. The van der Waals surface area contributed by atoms with Gasteiger partial charge in [-0.05, 0) is 54.8 Å². The maximum atomic E-state index is 12.9. The average Bonchev–Trinajstić information content (AvgIpc) is 3.47. The highest BCUT2D eigenvalue weighted by molar-refractivity contribution is 8.00. The minimum absolute atomic E-state index is 0.0526. The fraction of sp³-hybridized carbons (Fsp3) is 0.429. The number of hydrogen-bond acceptors (Lipinski definition) is 5. The van der Waals surface area contributed by atoms with Crippen LogP contribution in [0.15, 0.2) is 52.2 Å². The Morgan fingerprint density at radius 1 is 1.26 bits per heavy atom. The lowest BCUT2D eigenvalue weighted by atomic mass is 10.0. The first-order chi connectivity index (χ1) is 13.2. The molecule has 1 aliphatic carbocycles. The van der Waals surface area contributed by atoms with Crippen molar-refractivity contribution in [1.29, 1.82) is 0 Å². The van der Waals surface area contributed by atoms with Crippen molar-refractivity contribution in [2.24, 2.45) is 5.10 Å². The van der Waals surface area contributed by atoms with Crippen LogP contribution in [0.4, 0.5) is 0 Å². The third-order valence-electron chi connectivity index (χ3n) is 5.21. The Balaban J connectivity index is 1.52. The van der Waals surface area contributed by atoms with E-state index in [1.165, 1.54) is 25.7 Å². The zero-order valence-corrected chi connectivity index (χ0v) is 16.3. The maximum absolute atomic E-state index is 12.9. The number of hydrogen-bond donors (Lipinski definition) is 0. The van der Waals surface area contributed by atoms with E-state index in [1.807, 2.05) is 36.4 Å². The first-order valence-corrected chi connectivity index (χ1v) is 10.5. The summed E-state index contributed by atoms with van der Waals surface area (Å²) in [7, 11) is 1.65. The first kappa shape index (κ1) is 18.2. The highest BCUT2D eigenvalue weighted by Crippen LogP contribution is 2.35. The molecule has 1 atom stereocenters. The molecule has 0 N–H and O–H groups in total. The van der Waals surface area contributed by atoms with Crippen LogP contribution in [0, 0.1) is 0 Å². The van der Waals surface area contributed by atoms with Crippen LogP contribution in [0.1, 0.15) is 49.5 Å². The number of nitrogens with zero attached hydrogens (tertiary/aromatic N) is 2. The van der Waals surface area contributed by atoms with Gasteiger partial charge in [-0.3, -0.25) is 4.79 Å². The van der Waals surface area contributed by atoms with Crippen LogP contribution < -0.4 is 4.74 Å². The van der Waals surface area contributed by atoms with Gasteiger partial charge >= 0.3 is 0 Å². The Morgan fingerprint density at radius 2 is 2.04 bits per heavy atom. The topological polar surface area (TPSA) is 55.0 Å². The number of carbonyl (C=O) groups excluding carboxylic acids is 1. The molecule has 5 nitrogen and oxygen atoms in total. The van der Waals surface area contributed by atoms with Crippen molar-refractivity contribution in [1.82, 2.24) is 5.01 Å². The molecule has 2 heterocycles. The number of furan rings is 1. The second kappa shape index (κ2) is 8.21. The van der Waals surface area contributed by atoms with Crippen molar-refractivity contribution in [3.05, 3.63) is 54.0 Å². The van der Waals surface area contributed by atoms with E-state index in [0.717, 1.165) is 22.8 Å². The second-order valence-corrected chi connectivity index (χ2v) is 8.25. The molecular formula is C21H24N2O3S. The van der Waals surface area contributed by atoms with Crippen LogP contribution >= 0.6 is 11.8 Å². The number of rotatable bonds is 6. The summed E-state index contributed by atoms with van der Waals surface area (Å²) in [6, 6.07) is 11.4. The van der Waals surface area contributed by atoms with E-state index in [1.54, 1.807) is 30.1 Å². The van der Waals surface area contributed by atoms with Crippen LogP contribution in [0.5, 0.6) is 5.75 Å². The van der Waals surface area contributed by atoms with Crippen molar-refractivity contribution in [3.8, 4) is 5.75 Å². The fourth-order valence-electron chi connectivity index (χ4n) is 3.71. The molecule has 2 aliphatic rings. The van der Waals surface area contributed by atoms with Gasteiger partial charge in [0.25, 0.3) is 5.91 Å². The van der Waals surface area contributed by atoms with E-state index in [2.05, 4.69) is 5.10 Å². The Hall–Kier alpha value is -2.21. The van der Waals surface area contributed by atoms with Gasteiger partial charge in [-0.1, -0.05) is 12.8 Å². The molecule has 6 heteroatoms. The SMILES string of the molecule is COc1ccc(C2=NN(C(=O)CSC3CCCC3)[C@H](c3ccco3)C2)cc1. The Labute approximate surface area is 163 Å². The lowest BCUT2D eigenvalue weighted by molar-refractivity contribution is -0.130. The molecule has 0 spiro atoms. The van der Waals surface area contributed by atoms with Gasteiger partial charge in [0, 0.05) is 11.7 Å². The highest BCUT2D eigenvalue weighted by Gasteiger charge is 2.35. The van der Waals surface area contributed by atoms with E-state index in [-0.39, 0.29) is 11.9 Å². The zero-order chi connectivity index (χ0) is 18.6. The summed E-state index contributed by atoms with van der Waals surface area (Å²) in [6.45, 7) is 0. The third-order valence-corrected chi connectivity index (χ3v) is 6.56. The Morgan fingerprint density at radius 3 is 2.70 bits per heavy atom. The molecule has 1 aromatic heterocycles. The minimum atomic E-state index is -0.172. The molecule has 1 amide bonds. The van der Waals surface area contributed by atoms with Gasteiger partial charge in [-0.25, -0.2) is 5.01 Å². The summed E-state index contributed by atoms with van der Waals surface area (Å²) in [4.78, 5) is 12.9. The quantitative estimate of drug-likeness (QED) is 0.728. The van der Waals surface area contributed by atoms with E-state index in [9.17, 15) is 4.79 Å². The predicted molar refractivity (Wildman–Crippen MR) is 107 cm³/mol. The number of ether oxygens (including phenoxy) is 1. The summed E-state index contributed by atoms with van der Waals surface area (Å²) in [5, 5.41) is 6.92. The number of hydrazone groups is 1. The zero-order valence-electron chi connectivity index (χ0n) is 15.5. The Kier molecular flexibility index (Phi) is 5.53. The van der Waals surface area contributed by atoms with Crippen LogP contribution in [0.2, 0.25) is 0 Å². The molecule has 0 bridgehead atoms. The van der Waals surface area contributed by atoms with Gasteiger partial charge in [0.15, 0.2) is 0 Å². The van der Waals surface area contributed by atoms with Gasteiger partial charge in [-0.2, -0.15) is 5.10 Å². The van der Waals surface area contributed by atoms with E-state index in [4.69, 9.17) is 9.15 Å². The third kappa shape index (κ3) is 4.05. The lowest BCUT2D eigenvalue weighted by Gasteiger charge is -2.20. The standard InChI is InChI=1S/C21H24N2O3S/c1-25-16-10-8-15(9-11-16)18-13-19(20-7-4-12-26-20)23(22-18)21(24)14-27-17-5-2-3-6-17/h4,7-12,17,19H,2-3,5-6,13-14H2,1H3/t19-/m0/s1. The van der Waals surface area contributed by atoms with Crippen molar-refractivity contribution < 1.29 is 13.9 Å². The smallest absolute Gasteiger partial charge is 0.253 e. The number of methoxy groups -OCH3 is 1. The summed E-state index contributed by atoms with van der Waals surface area (Å²) >= 11 is 1.77. The van der Waals surface area contributed by atoms with Crippen LogP contribution in [0.25, 0.3) is 0 Å².